The van der Waals surface area contributed by atoms with Gasteiger partial charge in [0.2, 0.25) is 0 Å². The molecule has 0 saturated carbocycles. The van der Waals surface area contributed by atoms with E-state index in [0.29, 0.717) is 19.2 Å². The molecule has 2 heterocycles. The summed E-state index contributed by atoms with van der Waals surface area (Å²) in [6, 6.07) is 0.559. The van der Waals surface area contributed by atoms with E-state index in [2.05, 4.69) is 24.1 Å². The molecule has 0 bridgehead atoms. The fourth-order valence-electron chi connectivity index (χ4n) is 3.40. The van der Waals surface area contributed by atoms with Gasteiger partial charge >= 0.3 is 5.97 Å². The van der Waals surface area contributed by atoms with E-state index >= 15 is 0 Å². The molecule has 0 aromatic rings. The van der Waals surface area contributed by atoms with E-state index in [1.54, 1.807) is 0 Å². The van der Waals surface area contributed by atoms with Gasteiger partial charge in [-0.05, 0) is 37.8 Å². The zero-order chi connectivity index (χ0) is 13.0. The van der Waals surface area contributed by atoms with Gasteiger partial charge in [0.15, 0.2) is 0 Å². The fourth-order valence-corrected chi connectivity index (χ4v) is 3.40. The molecule has 4 heteroatoms. The largest absolute Gasteiger partial charge is 0.465 e. The maximum Gasteiger partial charge on any atom is 0.320 e. The van der Waals surface area contributed by atoms with Crippen molar-refractivity contribution < 1.29 is 9.53 Å². The molecule has 2 aliphatic heterocycles. The van der Waals surface area contributed by atoms with Crippen molar-refractivity contribution in [3.63, 3.8) is 0 Å². The maximum absolute atomic E-state index is 11.8. The van der Waals surface area contributed by atoms with Crippen LogP contribution < -0.4 is 5.32 Å². The fraction of sp³-hybridized carbons (Fsp3) is 0.929. The highest BCUT2D eigenvalue weighted by molar-refractivity contribution is 5.71. The third-order valence-corrected chi connectivity index (χ3v) is 4.34. The third kappa shape index (κ3) is 3.04. The van der Waals surface area contributed by atoms with Gasteiger partial charge in [0.25, 0.3) is 0 Å². The Kier molecular flexibility index (Phi) is 5.01. The van der Waals surface area contributed by atoms with E-state index in [4.69, 9.17) is 4.74 Å². The van der Waals surface area contributed by atoms with Crippen LogP contribution in [0.15, 0.2) is 0 Å². The predicted octanol–water partition coefficient (Wildman–Crippen LogP) is 1.26. The van der Waals surface area contributed by atoms with Crippen molar-refractivity contribution >= 4 is 5.97 Å². The van der Waals surface area contributed by atoms with Gasteiger partial charge in [-0.1, -0.05) is 20.3 Å². The molecule has 4 nitrogen and oxygen atoms in total. The Balaban J connectivity index is 1.80. The van der Waals surface area contributed by atoms with Gasteiger partial charge in [-0.2, -0.15) is 0 Å². The molecule has 0 spiro atoms. The zero-order valence-corrected chi connectivity index (χ0v) is 11.7. The molecular weight excluding hydrogens is 228 g/mol. The van der Waals surface area contributed by atoms with Gasteiger partial charge < -0.3 is 10.1 Å². The van der Waals surface area contributed by atoms with Crippen LogP contribution in [-0.2, 0) is 9.53 Å². The second-order valence-corrected chi connectivity index (χ2v) is 5.56. The highest BCUT2D eigenvalue weighted by Crippen LogP contribution is 2.33. The molecule has 0 aromatic carbocycles. The number of unbranched alkanes of at least 4 members (excludes halogenated alkanes) is 1. The number of esters is 1. The minimum atomic E-state index is -0.0465. The quantitative estimate of drug-likeness (QED) is 0.572. The average molecular weight is 254 g/mol. The van der Waals surface area contributed by atoms with Crippen LogP contribution in [0.3, 0.4) is 0 Å². The van der Waals surface area contributed by atoms with Crippen LogP contribution in [0, 0.1) is 11.8 Å². The first-order valence-corrected chi connectivity index (χ1v) is 7.36. The van der Waals surface area contributed by atoms with Crippen molar-refractivity contribution in [3.8, 4) is 0 Å². The first-order valence-electron chi connectivity index (χ1n) is 7.36. The van der Waals surface area contributed by atoms with Crippen LogP contribution in [0.4, 0.5) is 0 Å². The summed E-state index contributed by atoms with van der Waals surface area (Å²) < 4.78 is 5.26. The lowest BCUT2D eigenvalue weighted by Crippen LogP contribution is -2.39. The monoisotopic (exact) mass is 254 g/mol. The molecule has 2 saturated heterocycles. The van der Waals surface area contributed by atoms with Gasteiger partial charge in [0, 0.05) is 12.6 Å². The van der Waals surface area contributed by atoms with E-state index in [0.717, 1.165) is 50.7 Å². The second kappa shape index (κ2) is 6.53. The number of ether oxygens (including phenoxy) is 1. The second-order valence-electron chi connectivity index (χ2n) is 5.56. The van der Waals surface area contributed by atoms with Crippen molar-refractivity contribution in [2.45, 2.75) is 39.2 Å². The first kappa shape index (κ1) is 13.8. The molecule has 2 aliphatic rings. The molecule has 3 atom stereocenters. The zero-order valence-electron chi connectivity index (χ0n) is 11.7. The predicted molar refractivity (Wildman–Crippen MR) is 71.4 cm³/mol. The molecule has 3 unspecified atom stereocenters. The minimum Gasteiger partial charge on any atom is -0.465 e. The molecule has 0 radical (unpaired) electrons. The molecule has 0 amide bonds. The number of hydrogen-bond acceptors (Lipinski definition) is 4. The standard InChI is InChI=1S/C14H26N2O2/c1-3-5-6-18-14(17)10-16-9-11-7-15-8-12(11)13(16)4-2/h11-13,15H,3-10H2,1-2H3. The Morgan fingerprint density at radius 2 is 2.22 bits per heavy atom. The molecule has 2 fully saturated rings. The van der Waals surface area contributed by atoms with E-state index in [1.807, 2.05) is 0 Å². The Labute approximate surface area is 110 Å². The number of carbonyl (C=O) groups is 1. The summed E-state index contributed by atoms with van der Waals surface area (Å²) in [6.45, 7) is 8.67. The van der Waals surface area contributed by atoms with Gasteiger partial charge in [-0.25, -0.2) is 0 Å². The third-order valence-electron chi connectivity index (χ3n) is 4.34. The molecule has 0 aliphatic carbocycles. The number of rotatable bonds is 6. The Morgan fingerprint density at radius 1 is 1.39 bits per heavy atom. The Hall–Kier alpha value is -0.610. The van der Waals surface area contributed by atoms with Gasteiger partial charge in [-0.3, -0.25) is 9.69 Å². The van der Waals surface area contributed by atoms with Crippen molar-refractivity contribution in [3.05, 3.63) is 0 Å². The first-order chi connectivity index (χ1) is 8.76. The minimum absolute atomic E-state index is 0.0465. The maximum atomic E-state index is 11.8. The van der Waals surface area contributed by atoms with Crippen molar-refractivity contribution in [2.75, 3.05) is 32.8 Å². The number of nitrogens with zero attached hydrogens (tertiary/aromatic N) is 1. The number of fused-ring (bicyclic) bond motifs is 1. The highest BCUT2D eigenvalue weighted by atomic mass is 16.5. The topological polar surface area (TPSA) is 41.6 Å². The summed E-state index contributed by atoms with van der Waals surface area (Å²) in [5, 5.41) is 3.46. The van der Waals surface area contributed by atoms with E-state index in [9.17, 15) is 4.79 Å². The Bertz CT molecular complexity index is 283. The van der Waals surface area contributed by atoms with Gasteiger partial charge in [-0.15, -0.1) is 0 Å². The van der Waals surface area contributed by atoms with E-state index < -0.39 is 0 Å². The molecular formula is C14H26N2O2. The summed E-state index contributed by atoms with van der Waals surface area (Å²) >= 11 is 0. The normalized spacial score (nSPS) is 31.6. The number of nitrogens with one attached hydrogen (secondary N) is 1. The Morgan fingerprint density at radius 3 is 2.94 bits per heavy atom. The smallest absolute Gasteiger partial charge is 0.320 e. The lowest BCUT2D eigenvalue weighted by Gasteiger charge is -2.25. The lowest BCUT2D eigenvalue weighted by atomic mass is 9.93. The summed E-state index contributed by atoms with van der Waals surface area (Å²) in [6.07, 6.45) is 3.17. The van der Waals surface area contributed by atoms with Crippen molar-refractivity contribution in [2.24, 2.45) is 11.8 Å². The van der Waals surface area contributed by atoms with Crippen molar-refractivity contribution in [1.82, 2.24) is 10.2 Å². The number of carbonyl (C=O) groups excluding carboxylic acids is 1. The van der Waals surface area contributed by atoms with Gasteiger partial charge in [0.05, 0.1) is 13.2 Å². The lowest BCUT2D eigenvalue weighted by molar-refractivity contribution is -0.145. The molecule has 0 aromatic heterocycles. The molecule has 18 heavy (non-hydrogen) atoms. The van der Waals surface area contributed by atoms with Crippen LogP contribution in [0.2, 0.25) is 0 Å². The van der Waals surface area contributed by atoms with Crippen LogP contribution in [-0.4, -0.2) is 49.7 Å². The van der Waals surface area contributed by atoms with Crippen LogP contribution in [0.25, 0.3) is 0 Å². The molecule has 2 rings (SSSR count). The number of hydrogen-bond donors (Lipinski definition) is 1. The summed E-state index contributed by atoms with van der Waals surface area (Å²) in [4.78, 5) is 14.1. The van der Waals surface area contributed by atoms with Crippen molar-refractivity contribution in [1.29, 1.82) is 0 Å². The van der Waals surface area contributed by atoms with Crippen LogP contribution in [0.1, 0.15) is 33.1 Å². The van der Waals surface area contributed by atoms with E-state index in [1.165, 1.54) is 0 Å². The van der Waals surface area contributed by atoms with Crippen LogP contribution in [0.5, 0.6) is 0 Å². The van der Waals surface area contributed by atoms with E-state index in [-0.39, 0.29) is 5.97 Å². The summed E-state index contributed by atoms with van der Waals surface area (Å²) in [5.41, 5.74) is 0. The molecule has 104 valence electrons. The van der Waals surface area contributed by atoms with Crippen LogP contribution >= 0.6 is 0 Å². The van der Waals surface area contributed by atoms with Gasteiger partial charge in [0.1, 0.15) is 0 Å². The SMILES string of the molecule is CCCCOC(=O)CN1CC2CNCC2C1CC. The molecule has 1 N–H and O–H groups in total. The summed E-state index contributed by atoms with van der Waals surface area (Å²) in [5.74, 6) is 1.42. The summed E-state index contributed by atoms with van der Waals surface area (Å²) in [7, 11) is 0. The average Bonchev–Trinajstić information content (AvgIpc) is 2.89. The number of likely N-dealkylation sites (tertiary alicyclic amines) is 1. The highest BCUT2D eigenvalue weighted by Gasteiger charge is 2.43.